The Labute approximate surface area is 107 Å². The highest BCUT2D eigenvalue weighted by atomic mass is 35.5. The standard InChI is InChI=1S/C12H17Cl2NO/c1-2-3-12(15-6-7-16)10-5-4-9(13)8-11(10)14/h4-5,8,12,15-16H,2-3,6-7H2,1H3. The third-order valence-corrected chi connectivity index (χ3v) is 2.98. The zero-order valence-electron chi connectivity index (χ0n) is 9.34. The van der Waals surface area contributed by atoms with E-state index in [0.717, 1.165) is 18.4 Å². The average molecular weight is 262 g/mol. The van der Waals surface area contributed by atoms with Crippen LogP contribution in [0.25, 0.3) is 0 Å². The lowest BCUT2D eigenvalue weighted by atomic mass is 10.0. The summed E-state index contributed by atoms with van der Waals surface area (Å²) in [6, 6.07) is 5.71. The summed E-state index contributed by atoms with van der Waals surface area (Å²) in [4.78, 5) is 0. The van der Waals surface area contributed by atoms with Crippen LogP contribution in [0.2, 0.25) is 10.0 Å². The summed E-state index contributed by atoms with van der Waals surface area (Å²) >= 11 is 12.0. The Balaban J connectivity index is 2.82. The zero-order chi connectivity index (χ0) is 12.0. The molecule has 0 saturated carbocycles. The number of hydrogen-bond donors (Lipinski definition) is 2. The maximum absolute atomic E-state index is 8.83. The van der Waals surface area contributed by atoms with Gasteiger partial charge in [-0.15, -0.1) is 0 Å². The van der Waals surface area contributed by atoms with Crippen molar-refractivity contribution in [3.05, 3.63) is 33.8 Å². The van der Waals surface area contributed by atoms with Crippen molar-refractivity contribution in [2.75, 3.05) is 13.2 Å². The fourth-order valence-corrected chi connectivity index (χ4v) is 2.22. The van der Waals surface area contributed by atoms with Crippen molar-refractivity contribution >= 4 is 23.2 Å². The molecule has 1 unspecified atom stereocenters. The van der Waals surface area contributed by atoms with E-state index in [1.807, 2.05) is 12.1 Å². The Morgan fingerprint density at radius 1 is 1.38 bits per heavy atom. The molecule has 1 aromatic carbocycles. The molecule has 0 amide bonds. The number of aliphatic hydroxyl groups is 1. The molecule has 0 spiro atoms. The molecule has 0 fully saturated rings. The molecule has 2 nitrogen and oxygen atoms in total. The van der Waals surface area contributed by atoms with Gasteiger partial charge in [0.15, 0.2) is 0 Å². The van der Waals surface area contributed by atoms with Crippen LogP contribution in [-0.4, -0.2) is 18.3 Å². The van der Waals surface area contributed by atoms with Gasteiger partial charge in [-0.3, -0.25) is 0 Å². The van der Waals surface area contributed by atoms with E-state index in [1.165, 1.54) is 0 Å². The first-order chi connectivity index (χ1) is 7.69. The molecule has 90 valence electrons. The fourth-order valence-electron chi connectivity index (χ4n) is 1.68. The van der Waals surface area contributed by atoms with Gasteiger partial charge in [0.2, 0.25) is 0 Å². The van der Waals surface area contributed by atoms with Gasteiger partial charge in [0.05, 0.1) is 6.61 Å². The molecule has 0 aliphatic rings. The maximum atomic E-state index is 8.83. The lowest BCUT2D eigenvalue weighted by Gasteiger charge is -2.19. The van der Waals surface area contributed by atoms with E-state index >= 15 is 0 Å². The first-order valence-electron chi connectivity index (χ1n) is 5.48. The number of benzene rings is 1. The number of hydrogen-bond acceptors (Lipinski definition) is 2. The van der Waals surface area contributed by atoms with Crippen LogP contribution in [0.1, 0.15) is 31.4 Å². The second-order valence-electron chi connectivity index (χ2n) is 3.68. The van der Waals surface area contributed by atoms with Crippen LogP contribution in [0.5, 0.6) is 0 Å². The van der Waals surface area contributed by atoms with Gasteiger partial charge in [0.25, 0.3) is 0 Å². The Morgan fingerprint density at radius 3 is 2.69 bits per heavy atom. The van der Waals surface area contributed by atoms with E-state index < -0.39 is 0 Å². The van der Waals surface area contributed by atoms with Crippen molar-refractivity contribution in [3.63, 3.8) is 0 Å². The summed E-state index contributed by atoms with van der Waals surface area (Å²) in [7, 11) is 0. The Bertz CT molecular complexity index is 331. The summed E-state index contributed by atoms with van der Waals surface area (Å²) in [5.74, 6) is 0. The molecule has 16 heavy (non-hydrogen) atoms. The molecule has 0 saturated heterocycles. The normalized spacial score (nSPS) is 12.8. The molecule has 0 aromatic heterocycles. The molecule has 0 bridgehead atoms. The van der Waals surface area contributed by atoms with Gasteiger partial charge in [-0.1, -0.05) is 42.6 Å². The van der Waals surface area contributed by atoms with Crippen molar-refractivity contribution in [2.45, 2.75) is 25.8 Å². The summed E-state index contributed by atoms with van der Waals surface area (Å²) in [5.41, 5.74) is 1.04. The van der Waals surface area contributed by atoms with Crippen LogP contribution in [0, 0.1) is 0 Å². The number of halogens is 2. The highest BCUT2D eigenvalue weighted by Gasteiger charge is 2.13. The largest absolute Gasteiger partial charge is 0.395 e. The lowest BCUT2D eigenvalue weighted by molar-refractivity contribution is 0.282. The molecular formula is C12H17Cl2NO. The van der Waals surface area contributed by atoms with Crippen LogP contribution in [0.4, 0.5) is 0 Å². The third kappa shape index (κ3) is 3.95. The minimum atomic E-state index is 0.130. The van der Waals surface area contributed by atoms with Crippen molar-refractivity contribution < 1.29 is 5.11 Å². The molecule has 0 aliphatic heterocycles. The van der Waals surface area contributed by atoms with Gasteiger partial charge < -0.3 is 10.4 Å². The Kier molecular flexibility index (Phi) is 6.14. The topological polar surface area (TPSA) is 32.3 Å². The van der Waals surface area contributed by atoms with Crippen molar-refractivity contribution in [3.8, 4) is 0 Å². The predicted molar refractivity (Wildman–Crippen MR) is 69.2 cm³/mol. The number of aliphatic hydroxyl groups excluding tert-OH is 1. The Morgan fingerprint density at radius 2 is 2.12 bits per heavy atom. The van der Waals surface area contributed by atoms with Crippen molar-refractivity contribution in [1.82, 2.24) is 5.32 Å². The molecule has 1 atom stereocenters. The summed E-state index contributed by atoms with van der Waals surface area (Å²) in [6.45, 7) is 2.83. The van der Waals surface area contributed by atoms with Gasteiger partial charge in [-0.05, 0) is 24.1 Å². The first-order valence-corrected chi connectivity index (χ1v) is 6.23. The minimum absolute atomic E-state index is 0.130. The smallest absolute Gasteiger partial charge is 0.0556 e. The van der Waals surface area contributed by atoms with Gasteiger partial charge in [0, 0.05) is 22.6 Å². The van der Waals surface area contributed by atoms with Gasteiger partial charge in [0.1, 0.15) is 0 Å². The highest BCUT2D eigenvalue weighted by molar-refractivity contribution is 6.35. The van der Waals surface area contributed by atoms with E-state index in [2.05, 4.69) is 12.2 Å². The lowest BCUT2D eigenvalue weighted by Crippen LogP contribution is -2.24. The minimum Gasteiger partial charge on any atom is -0.395 e. The van der Waals surface area contributed by atoms with Gasteiger partial charge in [-0.2, -0.15) is 0 Å². The van der Waals surface area contributed by atoms with Gasteiger partial charge >= 0.3 is 0 Å². The Hall–Kier alpha value is -0.280. The van der Waals surface area contributed by atoms with Crippen LogP contribution >= 0.6 is 23.2 Å². The second kappa shape index (κ2) is 7.13. The SMILES string of the molecule is CCCC(NCCO)c1ccc(Cl)cc1Cl. The van der Waals surface area contributed by atoms with Crippen LogP contribution < -0.4 is 5.32 Å². The first kappa shape index (κ1) is 13.8. The van der Waals surface area contributed by atoms with E-state index in [0.29, 0.717) is 16.6 Å². The number of rotatable bonds is 6. The monoisotopic (exact) mass is 261 g/mol. The maximum Gasteiger partial charge on any atom is 0.0556 e. The molecule has 0 heterocycles. The molecule has 0 radical (unpaired) electrons. The predicted octanol–water partition coefficient (Wildman–Crippen LogP) is 3.42. The van der Waals surface area contributed by atoms with E-state index in [4.69, 9.17) is 28.3 Å². The molecule has 1 rings (SSSR count). The van der Waals surface area contributed by atoms with Crippen LogP contribution in [0.15, 0.2) is 18.2 Å². The van der Waals surface area contributed by atoms with Gasteiger partial charge in [-0.25, -0.2) is 0 Å². The average Bonchev–Trinajstić information content (AvgIpc) is 2.25. The molecule has 4 heteroatoms. The third-order valence-electron chi connectivity index (χ3n) is 2.42. The highest BCUT2D eigenvalue weighted by Crippen LogP contribution is 2.28. The van der Waals surface area contributed by atoms with Crippen molar-refractivity contribution in [2.24, 2.45) is 0 Å². The molecule has 1 aromatic rings. The second-order valence-corrected chi connectivity index (χ2v) is 4.53. The molecule has 2 N–H and O–H groups in total. The quantitative estimate of drug-likeness (QED) is 0.823. The summed E-state index contributed by atoms with van der Waals surface area (Å²) in [6.07, 6.45) is 2.05. The van der Waals surface area contributed by atoms with Crippen LogP contribution in [-0.2, 0) is 0 Å². The summed E-state index contributed by atoms with van der Waals surface area (Å²) < 4.78 is 0. The van der Waals surface area contributed by atoms with Crippen LogP contribution in [0.3, 0.4) is 0 Å². The van der Waals surface area contributed by atoms with E-state index in [-0.39, 0.29) is 12.6 Å². The molecular weight excluding hydrogens is 245 g/mol. The fraction of sp³-hybridized carbons (Fsp3) is 0.500. The summed E-state index contributed by atoms with van der Waals surface area (Å²) in [5, 5.41) is 13.4. The zero-order valence-corrected chi connectivity index (χ0v) is 10.9. The number of nitrogens with one attached hydrogen (secondary N) is 1. The van der Waals surface area contributed by atoms with E-state index in [1.54, 1.807) is 6.07 Å². The van der Waals surface area contributed by atoms with Crippen molar-refractivity contribution in [1.29, 1.82) is 0 Å². The van der Waals surface area contributed by atoms with E-state index in [9.17, 15) is 0 Å². The molecule has 0 aliphatic carbocycles.